The molecule has 0 bridgehead atoms. The molecule has 1 aromatic rings. The lowest BCUT2D eigenvalue weighted by Gasteiger charge is -2.25. The molecule has 0 fully saturated rings. The fraction of sp³-hybridized carbons (Fsp3) is 0.429. The smallest absolute Gasteiger partial charge is 0.0478 e. The van der Waals surface area contributed by atoms with Crippen molar-refractivity contribution in [3.63, 3.8) is 0 Å². The van der Waals surface area contributed by atoms with E-state index in [9.17, 15) is 0 Å². The van der Waals surface area contributed by atoms with Crippen LogP contribution in [0.3, 0.4) is 0 Å². The first kappa shape index (κ1) is 13.4. The van der Waals surface area contributed by atoms with Gasteiger partial charge < -0.3 is 0 Å². The van der Waals surface area contributed by atoms with Gasteiger partial charge in [-0.25, -0.2) is 0 Å². The van der Waals surface area contributed by atoms with Crippen LogP contribution in [0.15, 0.2) is 45.0 Å². The van der Waals surface area contributed by atoms with Gasteiger partial charge >= 0.3 is 0 Å². The summed E-state index contributed by atoms with van der Waals surface area (Å²) < 4.78 is 0. The van der Waals surface area contributed by atoms with E-state index in [1.807, 2.05) is 23.5 Å². The van der Waals surface area contributed by atoms with Crippen LogP contribution in [0.2, 0.25) is 0 Å². The van der Waals surface area contributed by atoms with Gasteiger partial charge in [0, 0.05) is 25.5 Å². The zero-order valence-corrected chi connectivity index (χ0v) is 12.8. The number of halogens is 1. The molecule has 1 aliphatic carbocycles. The first-order valence-electron chi connectivity index (χ1n) is 5.70. The van der Waals surface area contributed by atoms with Gasteiger partial charge in [0.1, 0.15) is 0 Å². The third kappa shape index (κ3) is 2.69. The summed E-state index contributed by atoms with van der Waals surface area (Å²) in [6, 6.07) is 10.5. The van der Waals surface area contributed by atoms with Crippen LogP contribution in [0, 0.1) is 5.41 Å². The van der Waals surface area contributed by atoms with E-state index < -0.39 is 0 Å². The van der Waals surface area contributed by atoms with Crippen LogP contribution in [-0.2, 0) is 0 Å². The maximum absolute atomic E-state index is 6.47. The standard InChI is InChI=1S/C14H17ClS2/c1-14(2)12(15)9-11(13(14)16-3)17-10-7-5-4-6-8-10/h4-8,12H,9H2,1-3H3. The van der Waals surface area contributed by atoms with Crippen molar-refractivity contribution in [3.05, 3.63) is 40.1 Å². The van der Waals surface area contributed by atoms with Gasteiger partial charge in [0.05, 0.1) is 0 Å². The predicted molar refractivity (Wildman–Crippen MR) is 80.9 cm³/mol. The number of hydrogen-bond donors (Lipinski definition) is 0. The molecule has 1 unspecified atom stereocenters. The second-order valence-electron chi connectivity index (χ2n) is 4.76. The second kappa shape index (κ2) is 5.29. The number of thioether (sulfide) groups is 2. The topological polar surface area (TPSA) is 0 Å². The molecule has 0 aliphatic heterocycles. The van der Waals surface area contributed by atoms with Crippen molar-refractivity contribution in [2.45, 2.75) is 30.5 Å². The summed E-state index contributed by atoms with van der Waals surface area (Å²) >= 11 is 10.2. The Morgan fingerprint density at radius 1 is 1.24 bits per heavy atom. The molecular formula is C14H17ClS2. The normalized spacial score (nSPS) is 23.2. The minimum Gasteiger partial charge on any atom is -0.133 e. The Hall–Kier alpha value is -0.0500. The monoisotopic (exact) mass is 284 g/mol. The van der Waals surface area contributed by atoms with Crippen LogP contribution in [0.1, 0.15) is 20.3 Å². The fourth-order valence-electron chi connectivity index (χ4n) is 2.11. The Balaban J connectivity index is 2.26. The van der Waals surface area contributed by atoms with E-state index in [1.54, 1.807) is 0 Å². The molecule has 0 aromatic heterocycles. The minimum absolute atomic E-state index is 0.109. The molecule has 0 saturated carbocycles. The molecule has 0 spiro atoms. The quantitative estimate of drug-likeness (QED) is 0.683. The van der Waals surface area contributed by atoms with Gasteiger partial charge in [-0.15, -0.1) is 23.4 Å². The third-order valence-corrected chi connectivity index (χ3v) is 6.31. The lowest BCUT2D eigenvalue weighted by atomic mass is 9.93. The van der Waals surface area contributed by atoms with E-state index in [-0.39, 0.29) is 10.8 Å². The molecule has 1 aromatic carbocycles. The van der Waals surface area contributed by atoms with Gasteiger partial charge in [-0.1, -0.05) is 43.8 Å². The van der Waals surface area contributed by atoms with Crippen LogP contribution in [0.25, 0.3) is 0 Å². The van der Waals surface area contributed by atoms with E-state index in [4.69, 9.17) is 11.6 Å². The molecule has 92 valence electrons. The van der Waals surface area contributed by atoms with E-state index in [0.717, 1.165) is 6.42 Å². The zero-order chi connectivity index (χ0) is 12.5. The van der Waals surface area contributed by atoms with Crippen molar-refractivity contribution in [2.75, 3.05) is 6.26 Å². The highest BCUT2D eigenvalue weighted by Gasteiger charge is 2.40. The summed E-state index contributed by atoms with van der Waals surface area (Å²) in [7, 11) is 0. The predicted octanol–water partition coefficient (Wildman–Crippen LogP) is 5.39. The highest BCUT2D eigenvalue weighted by molar-refractivity contribution is 8.06. The highest BCUT2D eigenvalue weighted by Crippen LogP contribution is 2.54. The summed E-state index contributed by atoms with van der Waals surface area (Å²) in [5, 5.41) is 0.219. The summed E-state index contributed by atoms with van der Waals surface area (Å²) in [6.45, 7) is 4.49. The molecule has 0 heterocycles. The average Bonchev–Trinajstić information content (AvgIpc) is 2.50. The number of rotatable bonds is 3. The molecule has 0 amide bonds. The lowest BCUT2D eigenvalue weighted by molar-refractivity contribution is 0.471. The summed E-state index contributed by atoms with van der Waals surface area (Å²) in [6.07, 6.45) is 3.14. The van der Waals surface area contributed by atoms with Crippen molar-refractivity contribution >= 4 is 35.1 Å². The second-order valence-corrected chi connectivity index (χ2v) is 7.28. The molecule has 17 heavy (non-hydrogen) atoms. The summed E-state index contributed by atoms with van der Waals surface area (Å²) in [4.78, 5) is 4.19. The molecule has 1 aliphatic rings. The average molecular weight is 285 g/mol. The van der Waals surface area contributed by atoms with Gasteiger partial charge in [-0.2, -0.15) is 0 Å². The minimum atomic E-state index is 0.109. The van der Waals surface area contributed by atoms with E-state index >= 15 is 0 Å². The maximum atomic E-state index is 6.47. The molecule has 0 N–H and O–H groups in total. The van der Waals surface area contributed by atoms with Gasteiger partial charge in [-0.3, -0.25) is 0 Å². The Morgan fingerprint density at radius 3 is 2.47 bits per heavy atom. The van der Waals surface area contributed by atoms with Crippen LogP contribution in [0.4, 0.5) is 0 Å². The maximum Gasteiger partial charge on any atom is 0.0478 e. The van der Waals surface area contributed by atoms with Gasteiger partial charge in [0.2, 0.25) is 0 Å². The first-order valence-corrected chi connectivity index (χ1v) is 8.18. The van der Waals surface area contributed by atoms with Crippen molar-refractivity contribution in [1.82, 2.24) is 0 Å². The number of alkyl halides is 1. The number of allylic oxidation sites excluding steroid dienone is 2. The highest BCUT2D eigenvalue weighted by atomic mass is 35.5. The number of benzene rings is 1. The van der Waals surface area contributed by atoms with Crippen LogP contribution in [-0.4, -0.2) is 11.6 Å². The fourth-order valence-corrected chi connectivity index (χ4v) is 5.07. The Kier molecular flexibility index (Phi) is 4.17. The van der Waals surface area contributed by atoms with Crippen molar-refractivity contribution < 1.29 is 0 Å². The van der Waals surface area contributed by atoms with E-state index in [2.05, 4.69) is 50.4 Å². The van der Waals surface area contributed by atoms with Crippen molar-refractivity contribution in [1.29, 1.82) is 0 Å². The summed E-state index contributed by atoms with van der Waals surface area (Å²) in [5.74, 6) is 0. The third-order valence-electron chi connectivity index (χ3n) is 3.17. The Morgan fingerprint density at radius 2 is 1.88 bits per heavy atom. The molecule has 3 heteroatoms. The van der Waals surface area contributed by atoms with Crippen molar-refractivity contribution in [2.24, 2.45) is 5.41 Å². The Labute approximate surface area is 117 Å². The van der Waals surface area contributed by atoms with Crippen molar-refractivity contribution in [3.8, 4) is 0 Å². The molecule has 0 nitrogen and oxygen atoms in total. The van der Waals surface area contributed by atoms with Crippen LogP contribution < -0.4 is 0 Å². The molecular weight excluding hydrogens is 268 g/mol. The van der Waals surface area contributed by atoms with Gasteiger partial charge in [0.25, 0.3) is 0 Å². The van der Waals surface area contributed by atoms with Gasteiger partial charge in [-0.05, 0) is 24.8 Å². The van der Waals surface area contributed by atoms with Crippen LogP contribution >= 0.6 is 35.1 Å². The molecule has 0 saturated heterocycles. The molecule has 0 radical (unpaired) electrons. The zero-order valence-electron chi connectivity index (χ0n) is 10.4. The van der Waals surface area contributed by atoms with Gasteiger partial charge in [0.15, 0.2) is 0 Å². The number of hydrogen-bond acceptors (Lipinski definition) is 2. The largest absolute Gasteiger partial charge is 0.133 e. The van der Waals surface area contributed by atoms with E-state index in [0.29, 0.717) is 0 Å². The Bertz CT molecular complexity index is 423. The molecule has 1 atom stereocenters. The SMILES string of the molecule is CSC1=C(Sc2ccccc2)CC(Cl)C1(C)C. The van der Waals surface area contributed by atoms with Crippen LogP contribution in [0.5, 0.6) is 0 Å². The lowest BCUT2D eigenvalue weighted by Crippen LogP contribution is -2.19. The molecule has 2 rings (SSSR count). The van der Waals surface area contributed by atoms with E-state index in [1.165, 1.54) is 14.7 Å². The summed E-state index contributed by atoms with van der Waals surface area (Å²) in [5.41, 5.74) is 0.109. The first-order chi connectivity index (χ1) is 8.05.